The molecule has 0 fully saturated rings. The lowest BCUT2D eigenvalue weighted by atomic mass is 10.0. The molecule has 0 aliphatic carbocycles. The van der Waals surface area contributed by atoms with E-state index in [1.807, 2.05) is 0 Å². The van der Waals surface area contributed by atoms with E-state index in [-0.39, 0.29) is 19.3 Å². The van der Waals surface area contributed by atoms with Gasteiger partial charge in [0.15, 0.2) is 6.10 Å². The fourth-order valence-electron chi connectivity index (χ4n) is 12.5. The van der Waals surface area contributed by atoms with Gasteiger partial charge in [-0.25, -0.2) is 9.13 Å². The standard InChI is InChI=1S/C101H170O16P2/c1-4-7-10-13-16-19-22-25-28-31-34-37-39-41-43-44-45-46-47-48-49-50-52-54-55-58-60-63-66-69-72-75-78-81-84-87-99(104)111-90-96(102)91-113-118(107,108)114-92-97(103)93-115-119(109,110)116-95-98(117-101(106)89-86-83-80-77-74-71-68-65-62-57-36-33-30-27-24-21-18-15-12-9-6-3)94-112-100(105)88-85-82-79-76-73-70-67-64-61-59-56-53-51-42-40-38-35-32-29-26-23-20-17-14-11-8-5-2/h7-8,10-11,16-21,25-30,34-38,41-43,45-46,51,57,65,68,96-98,102-103H,4-6,9,12-15,22-24,31-33,39-40,44,47-50,52-56,58-64,66-67,69-95H2,1-3H3,(H,107,108)(H,109,110)/b10-7-,11-8-,19-16-,20-17-,21-18-,28-25-,29-26-,30-27-,37-34-,38-35-,43-41-,46-45-,51-42-,57-36-,68-65-. The third-order valence-electron chi connectivity index (χ3n) is 19.6. The Labute approximate surface area is 725 Å². The molecule has 0 aromatic rings. The lowest BCUT2D eigenvalue weighted by Crippen LogP contribution is -2.30. The lowest BCUT2D eigenvalue weighted by Gasteiger charge is -2.21. The summed E-state index contributed by atoms with van der Waals surface area (Å²) in [5, 5.41) is 20.7. The highest BCUT2D eigenvalue weighted by Gasteiger charge is 2.29. The van der Waals surface area contributed by atoms with Gasteiger partial charge in [0.1, 0.15) is 25.4 Å². The molecule has 4 N–H and O–H groups in total. The Morgan fingerprint density at radius 2 is 0.445 bits per heavy atom. The molecule has 119 heavy (non-hydrogen) atoms. The number of carbonyl (C=O) groups excluding carboxylic acids is 3. The Morgan fingerprint density at radius 3 is 0.706 bits per heavy atom. The molecule has 0 aliphatic rings. The molecule has 5 atom stereocenters. The minimum absolute atomic E-state index is 0.0786. The van der Waals surface area contributed by atoms with Gasteiger partial charge in [-0.1, -0.05) is 383 Å². The van der Waals surface area contributed by atoms with Gasteiger partial charge in [0.25, 0.3) is 0 Å². The molecule has 16 nitrogen and oxygen atoms in total. The molecule has 0 saturated carbocycles. The maximum Gasteiger partial charge on any atom is 0.472 e. The van der Waals surface area contributed by atoms with Crippen molar-refractivity contribution in [2.45, 2.75) is 399 Å². The van der Waals surface area contributed by atoms with Crippen LogP contribution in [0.1, 0.15) is 380 Å². The van der Waals surface area contributed by atoms with Gasteiger partial charge in [-0.3, -0.25) is 32.5 Å². The molecule has 0 spiro atoms. The molecule has 0 bridgehead atoms. The monoisotopic (exact) mass is 1700 g/mol. The number of unbranched alkanes of at least 4 members (excludes halogenated alkanes) is 35. The van der Waals surface area contributed by atoms with Crippen LogP contribution in [0.4, 0.5) is 0 Å². The molecule has 0 rings (SSSR count). The molecule has 0 heterocycles. The van der Waals surface area contributed by atoms with Gasteiger partial charge in [0.05, 0.1) is 26.4 Å². The van der Waals surface area contributed by atoms with Crippen LogP contribution in [0, 0.1) is 0 Å². The second-order valence-corrected chi connectivity index (χ2v) is 34.0. The van der Waals surface area contributed by atoms with Gasteiger partial charge in [-0.05, 0) is 161 Å². The number of carbonyl (C=O) groups is 3. The summed E-state index contributed by atoms with van der Waals surface area (Å²) in [4.78, 5) is 59.0. The topological polar surface area (TPSA) is 231 Å². The van der Waals surface area contributed by atoms with Crippen LogP contribution in [-0.2, 0) is 55.8 Å². The highest BCUT2D eigenvalue weighted by Crippen LogP contribution is 2.45. The molecule has 0 radical (unpaired) electrons. The normalized spacial score (nSPS) is 14.6. The summed E-state index contributed by atoms with van der Waals surface area (Å²) < 4.78 is 61.5. The number of hydrogen-bond donors (Lipinski definition) is 4. The Balaban J connectivity index is 4.56. The number of aliphatic hydroxyl groups is 2. The highest BCUT2D eigenvalue weighted by atomic mass is 31.2. The third kappa shape index (κ3) is 93.2. The largest absolute Gasteiger partial charge is 0.472 e. The first kappa shape index (κ1) is 114. The van der Waals surface area contributed by atoms with Gasteiger partial charge < -0.3 is 34.2 Å². The van der Waals surface area contributed by atoms with Gasteiger partial charge in [0.2, 0.25) is 0 Å². The van der Waals surface area contributed by atoms with Gasteiger partial charge in [-0.2, -0.15) is 0 Å². The Hall–Kier alpha value is -5.35. The zero-order valence-corrected chi connectivity index (χ0v) is 76.8. The molecule has 0 aromatic carbocycles. The average Bonchev–Trinajstić information content (AvgIpc) is 0.905. The number of esters is 3. The summed E-state index contributed by atoms with van der Waals surface area (Å²) >= 11 is 0. The SMILES string of the molecule is CC/C=C\C/C=C\C/C=C\C/C=C\C/C=C\C/C=C\CCCCCCCCCCCCCCCCCCC(=O)OCC(O)COP(=O)(O)OCC(O)COP(=O)(O)OCC(COC(=O)CCCCCCCCCCCCC/C=C\C/C=C\C/C=C\C/C=C\C/C=C\CC)OC(=O)CCCCCCC/C=C\C/C=C\C/C=C\C/C=C\CCCCC. The highest BCUT2D eigenvalue weighted by molar-refractivity contribution is 7.47. The molecular formula is C101H170O16P2. The molecule has 0 aliphatic heterocycles. The predicted molar refractivity (Wildman–Crippen MR) is 500 cm³/mol. The number of rotatable bonds is 88. The van der Waals surface area contributed by atoms with E-state index in [1.54, 1.807) is 0 Å². The first-order valence-corrected chi connectivity index (χ1v) is 50.1. The van der Waals surface area contributed by atoms with Crippen molar-refractivity contribution in [2.24, 2.45) is 0 Å². The molecule has 0 saturated heterocycles. The number of phosphoric ester groups is 2. The van der Waals surface area contributed by atoms with E-state index in [0.29, 0.717) is 19.3 Å². The summed E-state index contributed by atoms with van der Waals surface area (Å²) in [6.45, 7) is 2.44. The van der Waals surface area contributed by atoms with E-state index in [0.717, 1.165) is 180 Å². The number of hydrogen-bond acceptors (Lipinski definition) is 14. The zero-order chi connectivity index (χ0) is 86.5. The second-order valence-electron chi connectivity index (χ2n) is 31.0. The third-order valence-corrected chi connectivity index (χ3v) is 21.5. The second kappa shape index (κ2) is 91.8. The first-order valence-electron chi connectivity index (χ1n) is 47.1. The number of phosphoric acid groups is 2. The van der Waals surface area contributed by atoms with Crippen LogP contribution in [-0.4, -0.2) is 95.9 Å². The average molecular weight is 1700 g/mol. The summed E-state index contributed by atoms with van der Waals surface area (Å²) in [5.74, 6) is -1.59. The Morgan fingerprint density at radius 1 is 0.244 bits per heavy atom. The minimum Gasteiger partial charge on any atom is -0.463 e. The van der Waals surface area contributed by atoms with E-state index in [9.17, 15) is 43.5 Å². The van der Waals surface area contributed by atoms with E-state index in [4.69, 9.17) is 32.3 Å². The van der Waals surface area contributed by atoms with Crippen LogP contribution in [0.2, 0.25) is 0 Å². The van der Waals surface area contributed by atoms with Crippen LogP contribution in [0.5, 0.6) is 0 Å². The predicted octanol–water partition coefficient (Wildman–Crippen LogP) is 29.2. The van der Waals surface area contributed by atoms with Crippen molar-refractivity contribution in [1.29, 1.82) is 0 Å². The molecule has 680 valence electrons. The van der Waals surface area contributed by atoms with Crippen molar-refractivity contribution in [3.8, 4) is 0 Å². The molecule has 0 amide bonds. The van der Waals surface area contributed by atoms with Crippen LogP contribution < -0.4 is 0 Å². The fourth-order valence-corrected chi connectivity index (χ4v) is 14.1. The van der Waals surface area contributed by atoms with Gasteiger partial charge in [0, 0.05) is 19.3 Å². The number of ether oxygens (including phenoxy) is 3. The summed E-state index contributed by atoms with van der Waals surface area (Å²) in [6, 6.07) is 0. The van der Waals surface area contributed by atoms with E-state index >= 15 is 0 Å². The van der Waals surface area contributed by atoms with Crippen molar-refractivity contribution in [2.75, 3.05) is 39.6 Å². The van der Waals surface area contributed by atoms with Crippen LogP contribution >= 0.6 is 15.6 Å². The van der Waals surface area contributed by atoms with Crippen LogP contribution in [0.15, 0.2) is 182 Å². The van der Waals surface area contributed by atoms with Crippen LogP contribution in [0.25, 0.3) is 0 Å². The van der Waals surface area contributed by atoms with E-state index < -0.39 is 91.5 Å². The summed E-state index contributed by atoms with van der Waals surface area (Å²) in [6.07, 6.45) is 121. The number of aliphatic hydroxyl groups excluding tert-OH is 2. The lowest BCUT2D eigenvalue weighted by molar-refractivity contribution is -0.161. The molecule has 0 aromatic heterocycles. The van der Waals surface area contributed by atoms with Crippen molar-refractivity contribution < 1.29 is 75.8 Å². The smallest absolute Gasteiger partial charge is 0.463 e. The maximum absolute atomic E-state index is 13.1. The van der Waals surface area contributed by atoms with Crippen molar-refractivity contribution in [3.05, 3.63) is 182 Å². The first-order chi connectivity index (χ1) is 58.2. The van der Waals surface area contributed by atoms with Crippen molar-refractivity contribution >= 4 is 33.6 Å². The molecule has 18 heteroatoms. The van der Waals surface area contributed by atoms with Crippen LogP contribution in [0.3, 0.4) is 0 Å². The van der Waals surface area contributed by atoms with Crippen molar-refractivity contribution in [1.82, 2.24) is 0 Å². The fraction of sp³-hybridized carbons (Fsp3) is 0.673. The van der Waals surface area contributed by atoms with Gasteiger partial charge >= 0.3 is 33.6 Å². The number of allylic oxidation sites excluding steroid dienone is 30. The molecule has 5 unspecified atom stereocenters. The Kier molecular flexibility index (Phi) is 87.7. The minimum atomic E-state index is -4.95. The van der Waals surface area contributed by atoms with Crippen molar-refractivity contribution in [3.63, 3.8) is 0 Å². The van der Waals surface area contributed by atoms with E-state index in [1.165, 1.54) is 141 Å². The Bertz CT molecular complexity index is 2890. The summed E-state index contributed by atoms with van der Waals surface area (Å²) in [5.41, 5.74) is 0. The zero-order valence-electron chi connectivity index (χ0n) is 75.0. The quantitative estimate of drug-likeness (QED) is 0.0146. The molecular weight excluding hydrogens is 1530 g/mol. The summed E-state index contributed by atoms with van der Waals surface area (Å²) in [7, 11) is -9.82. The van der Waals surface area contributed by atoms with Gasteiger partial charge in [-0.15, -0.1) is 0 Å². The van der Waals surface area contributed by atoms with E-state index in [2.05, 4.69) is 203 Å². The maximum atomic E-state index is 13.1.